The van der Waals surface area contributed by atoms with Crippen LogP contribution in [0.5, 0.6) is 0 Å². The summed E-state index contributed by atoms with van der Waals surface area (Å²) in [5.41, 5.74) is 0.657. The van der Waals surface area contributed by atoms with E-state index in [-0.39, 0.29) is 4.83 Å². The van der Waals surface area contributed by atoms with Gasteiger partial charge in [-0.25, -0.2) is 0 Å². The molecule has 0 radical (unpaired) electrons. The highest BCUT2D eigenvalue weighted by atomic mass is 79.9. The Bertz CT molecular complexity index is 140. The Morgan fingerprint density at radius 2 is 2.00 bits per heavy atom. The molecule has 0 saturated heterocycles. The van der Waals surface area contributed by atoms with Gasteiger partial charge in [-0.1, -0.05) is 27.6 Å². The standard InChI is InChI=1S/C9H17BrO/c1-7(2)5-6-8(10)9(3,4)11/h5,8,11H,6H2,1-4H3. The molecule has 1 atom stereocenters. The number of aliphatic hydroxyl groups is 1. The van der Waals surface area contributed by atoms with Gasteiger partial charge in [-0.05, 0) is 34.1 Å². The molecule has 0 rings (SSSR count). The summed E-state index contributed by atoms with van der Waals surface area (Å²) in [4.78, 5) is 0.143. The van der Waals surface area contributed by atoms with Gasteiger partial charge in [-0.15, -0.1) is 0 Å². The van der Waals surface area contributed by atoms with E-state index in [4.69, 9.17) is 0 Å². The lowest BCUT2D eigenvalue weighted by Gasteiger charge is -2.22. The van der Waals surface area contributed by atoms with Crippen molar-refractivity contribution in [1.82, 2.24) is 0 Å². The van der Waals surface area contributed by atoms with Gasteiger partial charge in [0, 0.05) is 4.83 Å². The Labute approximate surface area is 77.6 Å². The van der Waals surface area contributed by atoms with Crippen molar-refractivity contribution in [3.05, 3.63) is 11.6 Å². The molecule has 11 heavy (non-hydrogen) atoms. The molecule has 0 bridgehead atoms. The summed E-state index contributed by atoms with van der Waals surface area (Å²) < 4.78 is 0. The van der Waals surface area contributed by atoms with E-state index in [1.807, 2.05) is 13.8 Å². The van der Waals surface area contributed by atoms with Crippen LogP contribution in [-0.4, -0.2) is 15.5 Å². The molecule has 66 valence electrons. The summed E-state index contributed by atoms with van der Waals surface area (Å²) in [6.45, 7) is 7.74. The van der Waals surface area contributed by atoms with E-state index in [1.165, 1.54) is 5.57 Å². The van der Waals surface area contributed by atoms with Gasteiger partial charge in [0.1, 0.15) is 0 Å². The fourth-order valence-corrected chi connectivity index (χ4v) is 0.814. The van der Waals surface area contributed by atoms with E-state index in [2.05, 4.69) is 35.9 Å². The zero-order valence-corrected chi connectivity index (χ0v) is 9.27. The molecule has 0 fully saturated rings. The predicted octanol–water partition coefficient (Wildman–Crippen LogP) is 2.88. The zero-order valence-electron chi connectivity index (χ0n) is 7.69. The summed E-state index contributed by atoms with van der Waals surface area (Å²) in [6, 6.07) is 0. The van der Waals surface area contributed by atoms with Crippen molar-refractivity contribution < 1.29 is 5.11 Å². The SMILES string of the molecule is CC(C)=CCC(Br)C(C)(C)O. The Morgan fingerprint density at radius 3 is 2.27 bits per heavy atom. The quantitative estimate of drug-likeness (QED) is 0.573. The molecule has 1 unspecified atom stereocenters. The van der Waals surface area contributed by atoms with E-state index in [9.17, 15) is 5.11 Å². The molecule has 0 aliphatic heterocycles. The maximum Gasteiger partial charge on any atom is 0.0719 e. The fraction of sp³-hybridized carbons (Fsp3) is 0.778. The highest BCUT2D eigenvalue weighted by Gasteiger charge is 2.22. The van der Waals surface area contributed by atoms with Gasteiger partial charge in [0.25, 0.3) is 0 Å². The van der Waals surface area contributed by atoms with Crippen LogP contribution in [0.4, 0.5) is 0 Å². The predicted molar refractivity (Wildman–Crippen MR) is 53.1 cm³/mol. The van der Waals surface area contributed by atoms with E-state index >= 15 is 0 Å². The molecule has 0 aromatic heterocycles. The topological polar surface area (TPSA) is 20.2 Å². The second kappa shape index (κ2) is 4.27. The third kappa shape index (κ3) is 5.45. The van der Waals surface area contributed by atoms with Gasteiger partial charge in [0.05, 0.1) is 5.60 Å². The van der Waals surface area contributed by atoms with Crippen LogP contribution < -0.4 is 0 Å². The summed E-state index contributed by atoms with van der Waals surface area (Å²) in [6.07, 6.45) is 3.00. The fourth-order valence-electron chi connectivity index (χ4n) is 0.628. The van der Waals surface area contributed by atoms with E-state index in [0.717, 1.165) is 6.42 Å². The molecule has 0 aliphatic carbocycles. The maximum atomic E-state index is 9.52. The molecule has 0 saturated carbocycles. The smallest absolute Gasteiger partial charge is 0.0719 e. The van der Waals surface area contributed by atoms with Crippen molar-refractivity contribution in [2.45, 2.75) is 44.5 Å². The third-order valence-corrected chi connectivity index (χ3v) is 2.99. The van der Waals surface area contributed by atoms with Crippen LogP contribution in [0.25, 0.3) is 0 Å². The van der Waals surface area contributed by atoms with Gasteiger partial charge in [0.15, 0.2) is 0 Å². The van der Waals surface area contributed by atoms with Gasteiger partial charge < -0.3 is 5.11 Å². The van der Waals surface area contributed by atoms with Crippen LogP contribution >= 0.6 is 15.9 Å². The molecular weight excluding hydrogens is 204 g/mol. The molecular formula is C9H17BrO. The van der Waals surface area contributed by atoms with Gasteiger partial charge >= 0.3 is 0 Å². The molecule has 1 N–H and O–H groups in total. The number of alkyl halides is 1. The van der Waals surface area contributed by atoms with Crippen molar-refractivity contribution >= 4 is 15.9 Å². The number of rotatable bonds is 3. The monoisotopic (exact) mass is 220 g/mol. The molecule has 2 heteroatoms. The second-order valence-electron chi connectivity index (χ2n) is 3.64. The number of hydrogen-bond acceptors (Lipinski definition) is 1. The lowest BCUT2D eigenvalue weighted by molar-refractivity contribution is 0.0803. The summed E-state index contributed by atoms with van der Waals surface area (Å²) >= 11 is 3.43. The first-order valence-corrected chi connectivity index (χ1v) is 4.75. The number of halogens is 1. The highest BCUT2D eigenvalue weighted by Crippen LogP contribution is 2.21. The molecule has 0 amide bonds. The van der Waals surface area contributed by atoms with E-state index in [1.54, 1.807) is 0 Å². The normalized spacial score (nSPS) is 14.4. The van der Waals surface area contributed by atoms with E-state index in [0.29, 0.717) is 0 Å². The molecule has 0 heterocycles. The van der Waals surface area contributed by atoms with Crippen molar-refractivity contribution in [2.75, 3.05) is 0 Å². The largest absolute Gasteiger partial charge is 0.389 e. The summed E-state index contributed by atoms with van der Waals surface area (Å²) in [5.74, 6) is 0. The average molecular weight is 221 g/mol. The van der Waals surface area contributed by atoms with Gasteiger partial charge in [-0.3, -0.25) is 0 Å². The lowest BCUT2D eigenvalue weighted by Crippen LogP contribution is -2.30. The van der Waals surface area contributed by atoms with Crippen LogP contribution in [0, 0.1) is 0 Å². The third-order valence-electron chi connectivity index (χ3n) is 1.50. The van der Waals surface area contributed by atoms with Crippen molar-refractivity contribution in [1.29, 1.82) is 0 Å². The minimum absolute atomic E-state index is 0.143. The van der Waals surface area contributed by atoms with E-state index < -0.39 is 5.60 Å². The minimum Gasteiger partial charge on any atom is -0.389 e. The Hall–Kier alpha value is 0.180. The van der Waals surface area contributed by atoms with Crippen LogP contribution in [0.2, 0.25) is 0 Å². The van der Waals surface area contributed by atoms with Crippen molar-refractivity contribution in [3.63, 3.8) is 0 Å². The molecule has 0 spiro atoms. The van der Waals surface area contributed by atoms with Crippen LogP contribution in [-0.2, 0) is 0 Å². The molecule has 0 aliphatic rings. The van der Waals surface area contributed by atoms with Gasteiger partial charge in [-0.2, -0.15) is 0 Å². The first-order valence-electron chi connectivity index (χ1n) is 3.84. The molecule has 0 aromatic carbocycles. The Morgan fingerprint density at radius 1 is 1.55 bits per heavy atom. The maximum absolute atomic E-state index is 9.52. The van der Waals surface area contributed by atoms with Crippen LogP contribution in [0.3, 0.4) is 0 Å². The first-order chi connectivity index (χ1) is 4.84. The van der Waals surface area contributed by atoms with Crippen molar-refractivity contribution in [3.8, 4) is 0 Å². The second-order valence-corrected chi connectivity index (χ2v) is 4.74. The number of allylic oxidation sites excluding steroid dienone is 2. The molecule has 0 aromatic rings. The number of hydrogen-bond donors (Lipinski definition) is 1. The first kappa shape index (κ1) is 11.2. The van der Waals surface area contributed by atoms with Gasteiger partial charge in [0.2, 0.25) is 0 Å². The summed E-state index contributed by atoms with van der Waals surface area (Å²) in [5, 5.41) is 9.52. The van der Waals surface area contributed by atoms with Crippen molar-refractivity contribution in [2.24, 2.45) is 0 Å². The zero-order chi connectivity index (χ0) is 9.07. The lowest BCUT2D eigenvalue weighted by atomic mass is 10.0. The highest BCUT2D eigenvalue weighted by molar-refractivity contribution is 9.09. The Balaban J connectivity index is 3.89. The van der Waals surface area contributed by atoms with Crippen LogP contribution in [0.15, 0.2) is 11.6 Å². The summed E-state index contributed by atoms with van der Waals surface area (Å²) in [7, 11) is 0. The van der Waals surface area contributed by atoms with Crippen LogP contribution in [0.1, 0.15) is 34.1 Å². The Kier molecular flexibility index (Phi) is 4.34. The molecule has 1 nitrogen and oxygen atoms in total. The average Bonchev–Trinajstić information content (AvgIpc) is 1.80. The minimum atomic E-state index is -0.633.